The third-order valence-electron chi connectivity index (χ3n) is 4.47. The molecule has 1 amide bonds. The van der Waals surface area contributed by atoms with Crippen LogP contribution < -0.4 is 10.1 Å². The molecule has 2 aromatic carbocycles. The number of benzene rings is 2. The van der Waals surface area contributed by atoms with Gasteiger partial charge in [-0.25, -0.2) is 4.79 Å². The van der Waals surface area contributed by atoms with Gasteiger partial charge < -0.3 is 15.2 Å². The topological polar surface area (TPSA) is 61.8 Å². The highest BCUT2D eigenvalue weighted by molar-refractivity contribution is 5.65. The molecule has 0 saturated carbocycles. The van der Waals surface area contributed by atoms with E-state index in [0.717, 1.165) is 5.56 Å². The van der Waals surface area contributed by atoms with Gasteiger partial charge in [0.05, 0.1) is 6.04 Å². The average Bonchev–Trinajstić information content (AvgIpc) is 2.96. The van der Waals surface area contributed by atoms with Crippen molar-refractivity contribution in [2.75, 3.05) is 13.1 Å². The Morgan fingerprint density at radius 1 is 1.15 bits per heavy atom. The molecule has 1 aliphatic rings. The van der Waals surface area contributed by atoms with Crippen LogP contribution in [0.2, 0.25) is 0 Å². The van der Waals surface area contributed by atoms with Crippen molar-refractivity contribution in [2.45, 2.75) is 24.9 Å². The van der Waals surface area contributed by atoms with E-state index in [2.05, 4.69) is 15.0 Å². The van der Waals surface area contributed by atoms with Crippen molar-refractivity contribution < 1.29 is 27.8 Å². The first-order chi connectivity index (χ1) is 12.8. The van der Waals surface area contributed by atoms with Gasteiger partial charge >= 0.3 is 12.5 Å². The first-order valence-corrected chi connectivity index (χ1v) is 8.41. The molecule has 1 fully saturated rings. The molecule has 2 N–H and O–H groups in total. The Morgan fingerprint density at radius 3 is 2.56 bits per heavy atom. The van der Waals surface area contributed by atoms with Crippen LogP contribution in [0.25, 0.3) is 0 Å². The van der Waals surface area contributed by atoms with Gasteiger partial charge in [0.1, 0.15) is 5.75 Å². The molecule has 0 bridgehead atoms. The highest BCUT2D eigenvalue weighted by Crippen LogP contribution is 2.32. The highest BCUT2D eigenvalue weighted by atomic mass is 19.4. The Kier molecular flexibility index (Phi) is 5.55. The lowest BCUT2D eigenvalue weighted by atomic mass is 9.94. The zero-order chi connectivity index (χ0) is 19.4. The maximum Gasteiger partial charge on any atom is 0.573 e. The second kappa shape index (κ2) is 7.87. The van der Waals surface area contributed by atoms with E-state index < -0.39 is 18.5 Å². The number of ether oxygens (including phenoxy) is 1. The second-order valence-electron chi connectivity index (χ2n) is 6.46. The third-order valence-corrected chi connectivity index (χ3v) is 4.47. The van der Waals surface area contributed by atoms with Crippen molar-refractivity contribution in [1.82, 2.24) is 10.2 Å². The van der Waals surface area contributed by atoms with E-state index >= 15 is 0 Å². The minimum Gasteiger partial charge on any atom is -0.465 e. The summed E-state index contributed by atoms with van der Waals surface area (Å²) >= 11 is 0. The summed E-state index contributed by atoms with van der Waals surface area (Å²) in [4.78, 5) is 13.2. The van der Waals surface area contributed by atoms with E-state index in [1.165, 1.54) is 18.2 Å². The van der Waals surface area contributed by atoms with Crippen LogP contribution in [0.4, 0.5) is 18.0 Å². The Bertz CT molecular complexity index is 783. The largest absolute Gasteiger partial charge is 0.573 e. The molecular formula is C19H19F3N2O3. The summed E-state index contributed by atoms with van der Waals surface area (Å²) in [5, 5.41) is 11.6. The summed E-state index contributed by atoms with van der Waals surface area (Å²) in [6, 6.07) is 15.0. The maximum absolute atomic E-state index is 12.5. The lowest BCUT2D eigenvalue weighted by molar-refractivity contribution is -0.274. The summed E-state index contributed by atoms with van der Waals surface area (Å²) in [6.45, 7) is 1.62. The Labute approximate surface area is 154 Å². The Hall–Kier alpha value is -2.74. The molecule has 0 unspecified atom stereocenters. The summed E-state index contributed by atoms with van der Waals surface area (Å²) in [5.74, 6) is -0.586. The molecule has 1 saturated heterocycles. The molecular weight excluding hydrogens is 361 g/mol. The Balaban J connectivity index is 1.79. The number of nitrogens with one attached hydrogen (secondary N) is 1. The second-order valence-corrected chi connectivity index (χ2v) is 6.46. The minimum atomic E-state index is -4.77. The number of nitrogens with zero attached hydrogens (tertiary/aromatic N) is 1. The molecule has 5 nitrogen and oxygen atoms in total. The zero-order valence-electron chi connectivity index (χ0n) is 14.3. The average molecular weight is 380 g/mol. The molecule has 2 aromatic rings. The van der Waals surface area contributed by atoms with Gasteiger partial charge in [-0.05, 0) is 23.3 Å². The monoisotopic (exact) mass is 380 g/mol. The lowest BCUT2D eigenvalue weighted by Gasteiger charge is -2.19. The number of likely N-dealkylation sites (tertiary alicyclic amines) is 1. The smallest absolute Gasteiger partial charge is 0.465 e. The SMILES string of the molecule is O=C(O)N[C@@H]1CN(Cc2ccccc2)C[C@H]1c1cccc(OC(F)(F)F)c1. The summed E-state index contributed by atoms with van der Waals surface area (Å²) in [5.41, 5.74) is 1.69. The van der Waals surface area contributed by atoms with Gasteiger partial charge in [0.15, 0.2) is 0 Å². The van der Waals surface area contributed by atoms with Crippen molar-refractivity contribution >= 4 is 6.09 Å². The van der Waals surface area contributed by atoms with Gasteiger partial charge in [-0.1, -0.05) is 42.5 Å². The quantitative estimate of drug-likeness (QED) is 0.828. The number of rotatable bonds is 5. The molecule has 2 atom stereocenters. The van der Waals surface area contributed by atoms with Gasteiger partial charge in [0.2, 0.25) is 0 Å². The summed E-state index contributed by atoms with van der Waals surface area (Å²) in [6.07, 6.45) is -5.93. The normalized spacial score (nSPS) is 20.4. The highest BCUT2D eigenvalue weighted by Gasteiger charge is 2.36. The van der Waals surface area contributed by atoms with Crippen molar-refractivity contribution in [3.63, 3.8) is 0 Å². The fraction of sp³-hybridized carbons (Fsp3) is 0.316. The molecule has 0 radical (unpaired) electrons. The van der Waals surface area contributed by atoms with Crippen LogP contribution in [-0.4, -0.2) is 41.6 Å². The first-order valence-electron chi connectivity index (χ1n) is 8.41. The first kappa shape index (κ1) is 19.0. The molecule has 1 aliphatic heterocycles. The molecule has 0 aromatic heterocycles. The van der Waals surface area contributed by atoms with Crippen LogP contribution in [0, 0.1) is 0 Å². The third kappa shape index (κ3) is 5.37. The van der Waals surface area contributed by atoms with E-state index in [1.54, 1.807) is 6.07 Å². The van der Waals surface area contributed by atoms with Gasteiger partial charge in [-0.15, -0.1) is 13.2 Å². The van der Waals surface area contributed by atoms with Crippen LogP contribution in [-0.2, 0) is 6.54 Å². The van der Waals surface area contributed by atoms with Crippen LogP contribution in [0.3, 0.4) is 0 Å². The molecule has 27 heavy (non-hydrogen) atoms. The predicted molar refractivity (Wildman–Crippen MR) is 92.5 cm³/mol. The van der Waals surface area contributed by atoms with Crippen molar-refractivity contribution in [2.24, 2.45) is 0 Å². The van der Waals surface area contributed by atoms with Crippen molar-refractivity contribution in [3.8, 4) is 5.75 Å². The standard InChI is InChI=1S/C19H19F3N2O3/c20-19(21,22)27-15-8-4-7-14(9-15)16-11-24(12-17(16)23-18(25)26)10-13-5-2-1-3-6-13/h1-9,16-17,23H,10-12H2,(H,25,26)/t16-,17+/m0/s1. The molecule has 0 spiro atoms. The minimum absolute atomic E-state index is 0.276. The number of amides is 1. The number of carbonyl (C=O) groups is 1. The molecule has 144 valence electrons. The summed E-state index contributed by atoms with van der Waals surface area (Å²) in [7, 11) is 0. The molecule has 1 heterocycles. The van der Waals surface area contributed by atoms with Gasteiger partial charge in [-0.2, -0.15) is 0 Å². The van der Waals surface area contributed by atoms with E-state index in [1.807, 2.05) is 30.3 Å². The van der Waals surface area contributed by atoms with E-state index in [-0.39, 0.29) is 11.7 Å². The predicted octanol–water partition coefficient (Wildman–Crippen LogP) is 3.82. The number of carboxylic acid groups (broad SMARTS) is 1. The molecule has 8 heteroatoms. The van der Waals surface area contributed by atoms with Gasteiger partial charge in [0, 0.05) is 25.6 Å². The van der Waals surface area contributed by atoms with E-state index in [0.29, 0.717) is 25.2 Å². The van der Waals surface area contributed by atoms with Crippen molar-refractivity contribution in [1.29, 1.82) is 0 Å². The molecule has 0 aliphatic carbocycles. The number of alkyl halides is 3. The number of hydrogen-bond donors (Lipinski definition) is 2. The fourth-order valence-corrected chi connectivity index (χ4v) is 3.44. The fourth-order valence-electron chi connectivity index (χ4n) is 3.44. The Morgan fingerprint density at radius 2 is 1.89 bits per heavy atom. The maximum atomic E-state index is 12.5. The number of halogens is 3. The van der Waals surface area contributed by atoms with Crippen LogP contribution in [0.5, 0.6) is 5.75 Å². The van der Waals surface area contributed by atoms with E-state index in [4.69, 9.17) is 5.11 Å². The number of hydrogen-bond acceptors (Lipinski definition) is 3. The van der Waals surface area contributed by atoms with Gasteiger partial charge in [-0.3, -0.25) is 4.90 Å². The molecule has 3 rings (SSSR count). The van der Waals surface area contributed by atoms with Crippen LogP contribution in [0.15, 0.2) is 54.6 Å². The van der Waals surface area contributed by atoms with E-state index in [9.17, 15) is 18.0 Å². The lowest BCUT2D eigenvalue weighted by Crippen LogP contribution is -2.38. The summed E-state index contributed by atoms with van der Waals surface area (Å²) < 4.78 is 41.4. The van der Waals surface area contributed by atoms with Gasteiger partial charge in [0.25, 0.3) is 0 Å². The van der Waals surface area contributed by atoms with Crippen molar-refractivity contribution in [3.05, 3.63) is 65.7 Å². The zero-order valence-corrected chi connectivity index (χ0v) is 14.3. The van der Waals surface area contributed by atoms with Crippen LogP contribution in [0.1, 0.15) is 17.0 Å². The van der Waals surface area contributed by atoms with Crippen LogP contribution >= 0.6 is 0 Å².